The van der Waals surface area contributed by atoms with Gasteiger partial charge in [0.15, 0.2) is 0 Å². The molecule has 0 saturated carbocycles. The first-order valence-corrected chi connectivity index (χ1v) is 9.61. The van der Waals surface area contributed by atoms with Crippen LogP contribution in [0.15, 0.2) is 35.7 Å². The lowest BCUT2D eigenvalue weighted by Gasteiger charge is -2.37. The van der Waals surface area contributed by atoms with Crippen molar-refractivity contribution in [1.29, 1.82) is 0 Å². The SMILES string of the molecule is CN1CCCC(CC2(O)c3ccccc3CCc3sccc32)C1. The molecule has 3 heteroatoms. The van der Waals surface area contributed by atoms with Gasteiger partial charge in [-0.2, -0.15) is 0 Å². The van der Waals surface area contributed by atoms with Crippen LogP contribution >= 0.6 is 11.3 Å². The second kappa shape index (κ2) is 6.04. The van der Waals surface area contributed by atoms with E-state index in [0.717, 1.165) is 31.4 Å². The third-order valence-electron chi connectivity index (χ3n) is 5.58. The molecular weight excluding hydrogens is 302 g/mol. The number of benzene rings is 1. The van der Waals surface area contributed by atoms with Crippen LogP contribution in [0.5, 0.6) is 0 Å². The molecule has 1 aliphatic carbocycles. The highest BCUT2D eigenvalue weighted by Gasteiger charge is 2.40. The normalized spacial score (nSPS) is 28.0. The maximum absolute atomic E-state index is 11.9. The van der Waals surface area contributed by atoms with Crippen molar-refractivity contribution in [2.45, 2.75) is 37.7 Å². The largest absolute Gasteiger partial charge is 0.380 e. The van der Waals surface area contributed by atoms with E-state index in [0.29, 0.717) is 5.92 Å². The Morgan fingerprint density at radius 1 is 1.22 bits per heavy atom. The minimum absolute atomic E-state index is 0.567. The van der Waals surface area contributed by atoms with Crippen molar-refractivity contribution in [1.82, 2.24) is 4.90 Å². The number of fused-ring (bicyclic) bond motifs is 2. The number of nitrogens with zero attached hydrogens (tertiary/aromatic N) is 1. The van der Waals surface area contributed by atoms with Crippen LogP contribution in [0.2, 0.25) is 0 Å². The summed E-state index contributed by atoms with van der Waals surface area (Å²) in [4.78, 5) is 3.78. The Morgan fingerprint density at radius 2 is 2.09 bits per heavy atom. The van der Waals surface area contributed by atoms with E-state index >= 15 is 0 Å². The van der Waals surface area contributed by atoms with Crippen LogP contribution in [0.4, 0.5) is 0 Å². The van der Waals surface area contributed by atoms with E-state index < -0.39 is 5.60 Å². The summed E-state index contributed by atoms with van der Waals surface area (Å²) in [5, 5.41) is 14.0. The molecule has 2 nitrogen and oxygen atoms in total. The Labute approximate surface area is 142 Å². The van der Waals surface area contributed by atoms with Crippen LogP contribution < -0.4 is 0 Å². The van der Waals surface area contributed by atoms with E-state index in [1.165, 1.54) is 35.4 Å². The number of aryl methyl sites for hydroxylation is 2. The Hall–Kier alpha value is -1.16. The van der Waals surface area contributed by atoms with Crippen molar-refractivity contribution >= 4 is 11.3 Å². The number of aliphatic hydroxyl groups is 1. The molecule has 4 rings (SSSR count). The van der Waals surface area contributed by atoms with E-state index in [9.17, 15) is 5.11 Å². The van der Waals surface area contributed by atoms with Crippen molar-refractivity contribution in [3.8, 4) is 0 Å². The number of hydrogen-bond acceptors (Lipinski definition) is 3. The fourth-order valence-electron chi connectivity index (χ4n) is 4.52. The molecule has 23 heavy (non-hydrogen) atoms. The van der Waals surface area contributed by atoms with E-state index in [4.69, 9.17) is 0 Å². The number of rotatable bonds is 2. The molecule has 1 aliphatic heterocycles. The molecule has 1 aromatic carbocycles. The molecule has 0 amide bonds. The highest BCUT2D eigenvalue weighted by molar-refractivity contribution is 7.10. The maximum Gasteiger partial charge on any atom is 0.116 e. The zero-order chi connectivity index (χ0) is 15.9. The Bertz CT molecular complexity index is 694. The van der Waals surface area contributed by atoms with E-state index in [-0.39, 0.29) is 0 Å². The highest BCUT2D eigenvalue weighted by Crippen LogP contribution is 2.44. The third-order valence-corrected chi connectivity index (χ3v) is 6.56. The second-order valence-corrected chi connectivity index (χ2v) is 8.25. The first kappa shape index (κ1) is 15.4. The van der Waals surface area contributed by atoms with E-state index in [1.807, 2.05) is 0 Å². The van der Waals surface area contributed by atoms with Gasteiger partial charge in [0.2, 0.25) is 0 Å². The average Bonchev–Trinajstić information content (AvgIpc) is 2.98. The van der Waals surface area contributed by atoms with Gasteiger partial charge in [0, 0.05) is 17.0 Å². The van der Waals surface area contributed by atoms with Gasteiger partial charge in [-0.15, -0.1) is 11.3 Å². The van der Waals surface area contributed by atoms with E-state index in [2.05, 4.69) is 47.7 Å². The van der Waals surface area contributed by atoms with Crippen molar-refractivity contribution in [2.24, 2.45) is 5.92 Å². The Kier molecular flexibility index (Phi) is 4.04. The van der Waals surface area contributed by atoms with Gasteiger partial charge < -0.3 is 10.0 Å². The number of thiophene rings is 1. The lowest BCUT2D eigenvalue weighted by atomic mass is 9.77. The lowest BCUT2D eigenvalue weighted by Crippen LogP contribution is -2.38. The molecule has 0 spiro atoms. The van der Waals surface area contributed by atoms with Crippen molar-refractivity contribution in [3.63, 3.8) is 0 Å². The van der Waals surface area contributed by atoms with Crippen LogP contribution in [0.25, 0.3) is 0 Å². The summed E-state index contributed by atoms with van der Waals surface area (Å²) >= 11 is 1.80. The van der Waals surface area contributed by atoms with Gasteiger partial charge in [0.1, 0.15) is 5.60 Å². The van der Waals surface area contributed by atoms with Gasteiger partial charge in [-0.05, 0) is 74.2 Å². The molecule has 1 aromatic heterocycles. The van der Waals surface area contributed by atoms with Crippen molar-refractivity contribution in [2.75, 3.05) is 20.1 Å². The van der Waals surface area contributed by atoms with Crippen LogP contribution in [0.3, 0.4) is 0 Å². The fraction of sp³-hybridized carbons (Fsp3) is 0.500. The number of hydrogen-bond donors (Lipinski definition) is 1. The monoisotopic (exact) mass is 327 g/mol. The quantitative estimate of drug-likeness (QED) is 0.906. The zero-order valence-corrected chi connectivity index (χ0v) is 14.6. The van der Waals surface area contributed by atoms with Crippen molar-refractivity contribution in [3.05, 3.63) is 57.3 Å². The summed E-state index contributed by atoms with van der Waals surface area (Å²) in [7, 11) is 2.20. The molecule has 122 valence electrons. The standard InChI is InChI=1S/C20H25NOS/c1-21-11-4-5-15(14-21)13-20(22)17-7-3-2-6-16(17)8-9-19-18(20)10-12-23-19/h2-3,6-7,10,12,15,22H,4-5,8-9,11,13-14H2,1H3. The topological polar surface area (TPSA) is 23.5 Å². The molecule has 0 radical (unpaired) electrons. The Balaban J connectivity index is 1.76. The van der Waals surface area contributed by atoms with Gasteiger partial charge in [0.25, 0.3) is 0 Å². The van der Waals surface area contributed by atoms with Gasteiger partial charge in [-0.25, -0.2) is 0 Å². The molecule has 0 bridgehead atoms. The zero-order valence-electron chi connectivity index (χ0n) is 13.8. The molecule has 2 aliphatic rings. The summed E-state index contributed by atoms with van der Waals surface area (Å²) in [5.41, 5.74) is 2.82. The van der Waals surface area contributed by atoms with Gasteiger partial charge in [-0.3, -0.25) is 0 Å². The lowest BCUT2D eigenvalue weighted by molar-refractivity contribution is 0.0366. The van der Waals surface area contributed by atoms with Gasteiger partial charge >= 0.3 is 0 Å². The molecule has 1 fully saturated rings. The van der Waals surface area contributed by atoms with Gasteiger partial charge in [-0.1, -0.05) is 24.3 Å². The minimum Gasteiger partial charge on any atom is -0.380 e. The Morgan fingerprint density at radius 3 is 2.96 bits per heavy atom. The molecule has 1 saturated heterocycles. The summed E-state index contributed by atoms with van der Waals surface area (Å²) in [5.74, 6) is 0.567. The second-order valence-electron chi connectivity index (χ2n) is 7.25. The predicted octanol–water partition coefficient (Wildman–Crippen LogP) is 3.81. The van der Waals surface area contributed by atoms with Crippen LogP contribution in [-0.2, 0) is 18.4 Å². The fourth-order valence-corrected chi connectivity index (χ4v) is 5.47. The summed E-state index contributed by atoms with van der Waals surface area (Å²) in [6, 6.07) is 10.7. The van der Waals surface area contributed by atoms with Crippen LogP contribution in [-0.4, -0.2) is 30.1 Å². The number of likely N-dealkylation sites (tertiary alicyclic amines) is 1. The summed E-state index contributed by atoms with van der Waals surface area (Å²) in [6.07, 6.45) is 5.41. The van der Waals surface area contributed by atoms with Crippen LogP contribution in [0.1, 0.15) is 40.8 Å². The maximum atomic E-state index is 11.9. The summed E-state index contributed by atoms with van der Waals surface area (Å²) < 4.78 is 0. The van der Waals surface area contributed by atoms with Crippen LogP contribution in [0, 0.1) is 5.92 Å². The van der Waals surface area contributed by atoms with E-state index in [1.54, 1.807) is 11.3 Å². The smallest absolute Gasteiger partial charge is 0.116 e. The third kappa shape index (κ3) is 2.75. The van der Waals surface area contributed by atoms with Crippen molar-refractivity contribution < 1.29 is 5.11 Å². The first-order valence-electron chi connectivity index (χ1n) is 8.73. The average molecular weight is 327 g/mol. The molecule has 1 N–H and O–H groups in total. The first-order chi connectivity index (χ1) is 11.2. The minimum atomic E-state index is -0.814. The highest BCUT2D eigenvalue weighted by atomic mass is 32.1. The summed E-state index contributed by atoms with van der Waals surface area (Å²) in [6.45, 7) is 2.29. The number of piperidine rings is 1. The molecule has 2 heterocycles. The molecule has 2 unspecified atom stereocenters. The molecule has 2 atom stereocenters. The molecule has 2 aromatic rings. The molecular formula is C20H25NOS. The predicted molar refractivity (Wildman–Crippen MR) is 96.0 cm³/mol. The van der Waals surface area contributed by atoms with Gasteiger partial charge in [0.05, 0.1) is 0 Å².